The van der Waals surface area contributed by atoms with Crippen molar-refractivity contribution in [1.82, 2.24) is 0 Å². The van der Waals surface area contributed by atoms with E-state index in [1.807, 2.05) is 27.0 Å². The van der Waals surface area contributed by atoms with Gasteiger partial charge in [0.2, 0.25) is 0 Å². The molecule has 1 saturated carbocycles. The number of benzene rings is 1. The van der Waals surface area contributed by atoms with Gasteiger partial charge in [0.15, 0.2) is 0 Å². The molecule has 0 aliphatic heterocycles. The first-order chi connectivity index (χ1) is 9.76. The number of aliphatic imine (C=N–C) groups is 1. The van der Waals surface area contributed by atoms with Gasteiger partial charge in [-0.25, -0.2) is 0 Å². The van der Waals surface area contributed by atoms with Crippen molar-refractivity contribution in [2.24, 2.45) is 16.8 Å². The molecule has 0 amide bonds. The van der Waals surface area contributed by atoms with Gasteiger partial charge in [-0.2, -0.15) is 0 Å². The van der Waals surface area contributed by atoms with Gasteiger partial charge in [-0.15, -0.1) is 0 Å². The summed E-state index contributed by atoms with van der Waals surface area (Å²) in [7, 11) is 1.92. The lowest BCUT2D eigenvalue weighted by molar-refractivity contribution is 0.344. The van der Waals surface area contributed by atoms with E-state index in [2.05, 4.69) is 42.8 Å². The number of hydrogen-bond acceptors (Lipinski definition) is 1. The summed E-state index contributed by atoms with van der Waals surface area (Å²) in [6, 6.07) is 8.46. The molecule has 1 fully saturated rings. The molecule has 2 rings (SSSR count). The highest BCUT2D eigenvalue weighted by molar-refractivity contribution is 6.04. The van der Waals surface area contributed by atoms with Gasteiger partial charge in [0.05, 0.1) is 0 Å². The van der Waals surface area contributed by atoms with Gasteiger partial charge in [-0.05, 0) is 24.3 Å². The summed E-state index contributed by atoms with van der Waals surface area (Å²) in [5.41, 5.74) is 3.75. The molecule has 0 bridgehead atoms. The summed E-state index contributed by atoms with van der Waals surface area (Å²) in [6.07, 6.45) is 7.16. The minimum atomic E-state index is 0.632. The van der Waals surface area contributed by atoms with Crippen LogP contribution in [-0.2, 0) is 0 Å². The maximum atomic E-state index is 4.58. The third-order valence-corrected chi connectivity index (χ3v) is 4.10. The molecule has 1 aromatic rings. The van der Waals surface area contributed by atoms with Gasteiger partial charge in [0, 0.05) is 24.2 Å². The average Bonchev–Trinajstić information content (AvgIpc) is 2.52. The van der Waals surface area contributed by atoms with Crippen LogP contribution in [0.5, 0.6) is 0 Å². The standard InChI is InChI=1S/C17H23N.C2H6/c1-4-14-7-5-6-8-16(14)17(18-3)15-11-9-13(2)10-12-15;1-2/h4-8,13,15H,1,9-12H2,2-3H3;1-2H3. The van der Waals surface area contributed by atoms with Crippen molar-refractivity contribution in [2.75, 3.05) is 7.05 Å². The molecule has 110 valence electrons. The Morgan fingerprint density at radius 3 is 2.30 bits per heavy atom. The van der Waals surface area contributed by atoms with Gasteiger partial charge >= 0.3 is 0 Å². The van der Waals surface area contributed by atoms with E-state index < -0.39 is 0 Å². The maximum Gasteiger partial charge on any atom is 0.0454 e. The normalized spacial score (nSPS) is 22.7. The lowest BCUT2D eigenvalue weighted by Crippen LogP contribution is -2.22. The monoisotopic (exact) mass is 271 g/mol. The molecule has 0 radical (unpaired) electrons. The van der Waals surface area contributed by atoms with E-state index >= 15 is 0 Å². The minimum absolute atomic E-state index is 0.632. The van der Waals surface area contributed by atoms with Crippen molar-refractivity contribution in [1.29, 1.82) is 0 Å². The summed E-state index contributed by atoms with van der Waals surface area (Å²) < 4.78 is 0. The Morgan fingerprint density at radius 2 is 1.75 bits per heavy atom. The lowest BCUT2D eigenvalue weighted by atomic mass is 9.78. The summed E-state index contributed by atoms with van der Waals surface area (Å²) in [5.74, 6) is 1.52. The number of nitrogens with zero attached hydrogens (tertiary/aromatic N) is 1. The van der Waals surface area contributed by atoms with Crippen LogP contribution in [0.3, 0.4) is 0 Å². The van der Waals surface area contributed by atoms with Crippen LogP contribution in [0, 0.1) is 11.8 Å². The summed E-state index contributed by atoms with van der Waals surface area (Å²) in [5, 5.41) is 0. The van der Waals surface area contributed by atoms with Crippen molar-refractivity contribution < 1.29 is 0 Å². The predicted octanol–water partition coefficient (Wildman–Crippen LogP) is 5.60. The van der Waals surface area contributed by atoms with Gasteiger partial charge in [-0.3, -0.25) is 4.99 Å². The molecule has 0 unspecified atom stereocenters. The van der Waals surface area contributed by atoms with Crippen molar-refractivity contribution in [3.8, 4) is 0 Å². The van der Waals surface area contributed by atoms with Crippen LogP contribution in [0.15, 0.2) is 35.8 Å². The largest absolute Gasteiger partial charge is 0.292 e. The van der Waals surface area contributed by atoms with Crippen molar-refractivity contribution >= 4 is 11.8 Å². The second kappa shape index (κ2) is 8.73. The van der Waals surface area contributed by atoms with E-state index in [0.717, 1.165) is 5.92 Å². The second-order valence-electron chi connectivity index (χ2n) is 5.36. The van der Waals surface area contributed by atoms with Crippen LogP contribution >= 0.6 is 0 Å². The zero-order valence-corrected chi connectivity index (χ0v) is 13.5. The van der Waals surface area contributed by atoms with E-state index in [9.17, 15) is 0 Å². The zero-order chi connectivity index (χ0) is 15.0. The molecular formula is C19H29N. The highest BCUT2D eigenvalue weighted by atomic mass is 14.7. The molecule has 0 spiro atoms. The van der Waals surface area contributed by atoms with Crippen molar-refractivity contribution in [3.05, 3.63) is 42.0 Å². The molecule has 0 heterocycles. The first-order valence-electron chi connectivity index (χ1n) is 7.94. The minimum Gasteiger partial charge on any atom is -0.292 e. The highest BCUT2D eigenvalue weighted by Gasteiger charge is 2.24. The SMILES string of the molecule is C=Cc1ccccc1C(=NC)C1CCC(C)CC1.CC. The Hall–Kier alpha value is -1.37. The highest BCUT2D eigenvalue weighted by Crippen LogP contribution is 2.31. The molecule has 1 aromatic carbocycles. The summed E-state index contributed by atoms with van der Waals surface area (Å²) in [6.45, 7) is 10.3. The Bertz CT molecular complexity index is 437. The molecule has 1 heteroatoms. The summed E-state index contributed by atoms with van der Waals surface area (Å²) >= 11 is 0. The van der Waals surface area contributed by atoms with Gasteiger partial charge in [-0.1, -0.05) is 70.5 Å². The van der Waals surface area contributed by atoms with E-state index in [1.54, 1.807) is 0 Å². The van der Waals surface area contributed by atoms with E-state index in [0.29, 0.717) is 5.92 Å². The van der Waals surface area contributed by atoms with Gasteiger partial charge in [0.1, 0.15) is 0 Å². The number of rotatable bonds is 3. The van der Waals surface area contributed by atoms with Crippen LogP contribution in [-0.4, -0.2) is 12.8 Å². The maximum absolute atomic E-state index is 4.58. The van der Waals surface area contributed by atoms with Crippen LogP contribution in [0.1, 0.15) is 57.6 Å². The van der Waals surface area contributed by atoms with Crippen molar-refractivity contribution in [2.45, 2.75) is 46.5 Å². The summed E-state index contributed by atoms with van der Waals surface area (Å²) in [4.78, 5) is 4.58. The Labute approximate surface area is 124 Å². The molecular weight excluding hydrogens is 242 g/mol. The quantitative estimate of drug-likeness (QED) is 0.634. The molecule has 1 aliphatic carbocycles. The molecule has 0 aromatic heterocycles. The fraction of sp³-hybridized carbons (Fsp3) is 0.526. The van der Waals surface area contributed by atoms with Gasteiger partial charge in [0.25, 0.3) is 0 Å². The third-order valence-electron chi connectivity index (χ3n) is 4.10. The average molecular weight is 271 g/mol. The van der Waals surface area contributed by atoms with Crippen LogP contribution in [0.25, 0.3) is 6.08 Å². The smallest absolute Gasteiger partial charge is 0.0454 e. The van der Waals surface area contributed by atoms with E-state index in [-0.39, 0.29) is 0 Å². The van der Waals surface area contributed by atoms with Crippen LogP contribution in [0.2, 0.25) is 0 Å². The lowest BCUT2D eigenvalue weighted by Gasteiger charge is -2.28. The Morgan fingerprint density at radius 1 is 1.15 bits per heavy atom. The molecule has 0 saturated heterocycles. The number of hydrogen-bond donors (Lipinski definition) is 0. The topological polar surface area (TPSA) is 12.4 Å². The Kier molecular flexibility index (Phi) is 7.28. The second-order valence-corrected chi connectivity index (χ2v) is 5.36. The first-order valence-corrected chi connectivity index (χ1v) is 7.94. The van der Waals surface area contributed by atoms with Gasteiger partial charge < -0.3 is 0 Å². The van der Waals surface area contributed by atoms with Crippen LogP contribution in [0.4, 0.5) is 0 Å². The van der Waals surface area contributed by atoms with Crippen molar-refractivity contribution in [3.63, 3.8) is 0 Å². The van der Waals surface area contributed by atoms with Crippen LogP contribution < -0.4 is 0 Å². The molecule has 0 N–H and O–H groups in total. The first kappa shape index (κ1) is 16.7. The Balaban J connectivity index is 0.000000956. The fourth-order valence-corrected chi connectivity index (χ4v) is 2.96. The molecule has 0 atom stereocenters. The zero-order valence-electron chi connectivity index (χ0n) is 13.5. The van der Waals surface area contributed by atoms with E-state index in [1.165, 1.54) is 42.5 Å². The van der Waals surface area contributed by atoms with E-state index in [4.69, 9.17) is 0 Å². The predicted molar refractivity (Wildman–Crippen MR) is 91.5 cm³/mol. The fourth-order valence-electron chi connectivity index (χ4n) is 2.96. The third kappa shape index (κ3) is 4.06. The molecule has 1 nitrogen and oxygen atoms in total. The molecule has 20 heavy (non-hydrogen) atoms. The molecule has 1 aliphatic rings.